The van der Waals surface area contributed by atoms with Crippen molar-refractivity contribution in [3.8, 4) is 0 Å². The summed E-state index contributed by atoms with van der Waals surface area (Å²) in [6.07, 6.45) is 5.23. The van der Waals surface area contributed by atoms with E-state index in [1.807, 2.05) is 0 Å². The lowest BCUT2D eigenvalue weighted by Crippen LogP contribution is -2.45. The second-order valence-electron chi connectivity index (χ2n) is 6.13. The number of nitrogens with one attached hydrogen (secondary N) is 1. The molecular weight excluding hydrogens is 266 g/mol. The zero-order valence-electron chi connectivity index (χ0n) is 11.6. The molecule has 2 saturated carbocycles. The number of hydrogen-bond acceptors (Lipinski definition) is 4. The van der Waals surface area contributed by atoms with Crippen molar-refractivity contribution in [3.63, 3.8) is 0 Å². The van der Waals surface area contributed by atoms with Crippen LogP contribution in [-0.2, 0) is 19.6 Å². The molecule has 2 aliphatic carbocycles. The minimum Gasteiger partial charge on any atom is -0.469 e. The van der Waals surface area contributed by atoms with E-state index in [0.717, 1.165) is 19.3 Å². The van der Waals surface area contributed by atoms with Gasteiger partial charge in [0.25, 0.3) is 0 Å². The van der Waals surface area contributed by atoms with Crippen LogP contribution in [0, 0.1) is 11.3 Å². The molecule has 2 fully saturated rings. The highest BCUT2D eigenvalue weighted by Gasteiger charge is 2.43. The lowest BCUT2D eigenvalue weighted by molar-refractivity contribution is -0.145. The molecule has 2 unspecified atom stereocenters. The van der Waals surface area contributed by atoms with Crippen molar-refractivity contribution in [2.75, 3.05) is 13.7 Å². The minimum atomic E-state index is -3.42. The third-order valence-electron chi connectivity index (χ3n) is 4.62. The van der Waals surface area contributed by atoms with Gasteiger partial charge < -0.3 is 4.74 Å². The van der Waals surface area contributed by atoms with E-state index in [0.29, 0.717) is 19.4 Å². The first kappa shape index (κ1) is 14.8. The van der Waals surface area contributed by atoms with Gasteiger partial charge in [-0.25, -0.2) is 13.1 Å². The standard InChI is InChI=1S/C13H23NO4S/c1-13(7-4-8-13)9-14-19(16,17)11-6-3-5-10(11)12(15)18-2/h10-11,14H,3-9H2,1-2H3. The van der Waals surface area contributed by atoms with E-state index < -0.39 is 27.2 Å². The maximum Gasteiger partial charge on any atom is 0.310 e. The monoisotopic (exact) mass is 289 g/mol. The van der Waals surface area contributed by atoms with Gasteiger partial charge in [0.05, 0.1) is 18.3 Å². The summed E-state index contributed by atoms with van der Waals surface area (Å²) < 4.78 is 32.1. The van der Waals surface area contributed by atoms with E-state index in [2.05, 4.69) is 11.6 Å². The number of esters is 1. The zero-order valence-corrected chi connectivity index (χ0v) is 12.5. The third kappa shape index (κ3) is 3.11. The third-order valence-corrected chi connectivity index (χ3v) is 6.52. The fourth-order valence-corrected chi connectivity index (χ4v) is 4.98. The van der Waals surface area contributed by atoms with Crippen LogP contribution in [0.1, 0.15) is 45.4 Å². The van der Waals surface area contributed by atoms with Crippen LogP contribution in [0.15, 0.2) is 0 Å². The summed E-state index contributed by atoms with van der Waals surface area (Å²) in [5.74, 6) is -0.903. The molecule has 0 aromatic heterocycles. The topological polar surface area (TPSA) is 72.5 Å². The van der Waals surface area contributed by atoms with Crippen LogP contribution in [0.5, 0.6) is 0 Å². The average molecular weight is 289 g/mol. The molecule has 0 bridgehead atoms. The van der Waals surface area contributed by atoms with Crippen molar-refractivity contribution in [1.29, 1.82) is 0 Å². The molecule has 0 saturated heterocycles. The molecule has 0 heterocycles. The van der Waals surface area contributed by atoms with Gasteiger partial charge in [-0.1, -0.05) is 19.8 Å². The predicted molar refractivity (Wildman–Crippen MR) is 72.0 cm³/mol. The summed E-state index contributed by atoms with van der Waals surface area (Å²) in [4.78, 5) is 11.6. The first-order valence-electron chi connectivity index (χ1n) is 6.94. The molecule has 0 aromatic rings. The molecule has 0 aromatic carbocycles. The molecule has 110 valence electrons. The number of methoxy groups -OCH3 is 1. The Balaban J connectivity index is 2.00. The molecule has 0 aliphatic heterocycles. The first-order chi connectivity index (χ1) is 8.88. The fourth-order valence-electron chi connectivity index (χ4n) is 3.06. The van der Waals surface area contributed by atoms with E-state index in [1.165, 1.54) is 13.5 Å². The van der Waals surface area contributed by atoms with E-state index in [9.17, 15) is 13.2 Å². The highest BCUT2D eigenvalue weighted by Crippen LogP contribution is 2.40. The van der Waals surface area contributed by atoms with Gasteiger partial charge in [-0.2, -0.15) is 0 Å². The first-order valence-corrected chi connectivity index (χ1v) is 8.49. The second kappa shape index (κ2) is 5.40. The zero-order chi connectivity index (χ0) is 14.1. The molecule has 0 amide bonds. The Morgan fingerprint density at radius 3 is 2.53 bits per heavy atom. The van der Waals surface area contributed by atoms with Crippen molar-refractivity contribution in [2.45, 2.75) is 50.7 Å². The summed E-state index contributed by atoms with van der Waals surface area (Å²) in [6.45, 7) is 2.59. The molecule has 0 spiro atoms. The number of sulfonamides is 1. The Hall–Kier alpha value is -0.620. The average Bonchev–Trinajstić information content (AvgIpc) is 2.83. The van der Waals surface area contributed by atoms with E-state index >= 15 is 0 Å². The maximum atomic E-state index is 12.3. The number of ether oxygens (including phenoxy) is 1. The molecule has 0 radical (unpaired) electrons. The van der Waals surface area contributed by atoms with Crippen LogP contribution >= 0.6 is 0 Å². The fraction of sp³-hybridized carbons (Fsp3) is 0.923. The van der Waals surface area contributed by atoms with Crippen molar-refractivity contribution < 1.29 is 17.9 Å². The number of carbonyl (C=O) groups excluding carboxylic acids is 1. The molecule has 2 rings (SSSR count). The van der Waals surface area contributed by atoms with Gasteiger partial charge in [0.1, 0.15) is 0 Å². The number of carbonyl (C=O) groups is 1. The van der Waals surface area contributed by atoms with Crippen molar-refractivity contribution in [1.82, 2.24) is 4.72 Å². The van der Waals surface area contributed by atoms with Crippen molar-refractivity contribution in [3.05, 3.63) is 0 Å². The Labute approximate surface area is 115 Å². The van der Waals surface area contributed by atoms with Gasteiger partial charge in [-0.05, 0) is 31.1 Å². The Morgan fingerprint density at radius 1 is 1.32 bits per heavy atom. The van der Waals surface area contributed by atoms with Gasteiger partial charge in [0.2, 0.25) is 10.0 Å². The Bertz CT molecular complexity index is 442. The highest BCUT2D eigenvalue weighted by molar-refractivity contribution is 7.90. The smallest absolute Gasteiger partial charge is 0.310 e. The summed E-state index contributed by atoms with van der Waals surface area (Å²) >= 11 is 0. The maximum absolute atomic E-state index is 12.3. The highest BCUT2D eigenvalue weighted by atomic mass is 32.2. The molecule has 2 aliphatic rings. The van der Waals surface area contributed by atoms with Crippen molar-refractivity contribution >= 4 is 16.0 Å². The summed E-state index contributed by atoms with van der Waals surface area (Å²) in [5.41, 5.74) is 0.104. The van der Waals surface area contributed by atoms with Crippen LogP contribution in [0.3, 0.4) is 0 Å². The lowest BCUT2D eigenvalue weighted by atomic mass is 9.71. The molecule has 19 heavy (non-hydrogen) atoms. The van der Waals surface area contributed by atoms with E-state index in [1.54, 1.807) is 0 Å². The van der Waals surface area contributed by atoms with E-state index in [-0.39, 0.29) is 5.41 Å². The molecular formula is C13H23NO4S. The van der Waals surface area contributed by atoms with Gasteiger partial charge in [-0.3, -0.25) is 4.79 Å². The Kier molecular flexibility index (Phi) is 4.20. The molecule has 2 atom stereocenters. The van der Waals surface area contributed by atoms with Gasteiger partial charge >= 0.3 is 5.97 Å². The largest absolute Gasteiger partial charge is 0.469 e. The molecule has 5 nitrogen and oxygen atoms in total. The second-order valence-corrected chi connectivity index (χ2v) is 8.11. The minimum absolute atomic E-state index is 0.104. The normalized spacial score (nSPS) is 29.8. The SMILES string of the molecule is COC(=O)C1CCCC1S(=O)(=O)NCC1(C)CCC1. The lowest BCUT2D eigenvalue weighted by Gasteiger charge is -2.38. The number of rotatable bonds is 5. The van der Waals surface area contributed by atoms with Gasteiger partial charge in [0.15, 0.2) is 0 Å². The predicted octanol–water partition coefficient (Wildman–Crippen LogP) is 1.44. The molecule has 1 N–H and O–H groups in total. The van der Waals surface area contributed by atoms with Crippen LogP contribution in [0.25, 0.3) is 0 Å². The van der Waals surface area contributed by atoms with Gasteiger partial charge in [0, 0.05) is 6.54 Å². The van der Waals surface area contributed by atoms with Gasteiger partial charge in [-0.15, -0.1) is 0 Å². The summed E-state index contributed by atoms with van der Waals surface area (Å²) in [7, 11) is -2.11. The Morgan fingerprint density at radius 2 is 2.00 bits per heavy atom. The summed E-state index contributed by atoms with van der Waals surface area (Å²) in [6, 6.07) is 0. The van der Waals surface area contributed by atoms with Crippen LogP contribution in [0.2, 0.25) is 0 Å². The van der Waals surface area contributed by atoms with E-state index in [4.69, 9.17) is 4.74 Å². The van der Waals surface area contributed by atoms with Crippen LogP contribution in [0.4, 0.5) is 0 Å². The summed E-state index contributed by atoms with van der Waals surface area (Å²) in [5, 5.41) is -0.622. The van der Waals surface area contributed by atoms with Crippen molar-refractivity contribution in [2.24, 2.45) is 11.3 Å². The van der Waals surface area contributed by atoms with Crippen LogP contribution in [-0.4, -0.2) is 33.3 Å². The quantitative estimate of drug-likeness (QED) is 0.777. The molecule has 6 heteroatoms. The number of hydrogen-bond donors (Lipinski definition) is 1. The van der Waals surface area contributed by atoms with Crippen LogP contribution < -0.4 is 4.72 Å².